The SMILES string of the molecule is CC(C)(N)CC(C)(C)C1CCN(C(=O)OC(C)(C)C)CC(C)(C)C1. The highest BCUT2D eigenvalue weighted by Crippen LogP contribution is 2.44. The Balaban J connectivity index is 2.89. The molecular weight excluding hydrogens is 300 g/mol. The third-order valence-electron chi connectivity index (χ3n) is 4.83. The van der Waals surface area contributed by atoms with Crippen LogP contribution < -0.4 is 5.73 Å². The fourth-order valence-corrected chi connectivity index (χ4v) is 4.21. The van der Waals surface area contributed by atoms with Gasteiger partial charge in [-0.25, -0.2) is 4.79 Å². The van der Waals surface area contributed by atoms with Crippen molar-refractivity contribution in [1.29, 1.82) is 0 Å². The first-order chi connectivity index (χ1) is 10.5. The van der Waals surface area contributed by atoms with Crippen molar-refractivity contribution in [3.63, 3.8) is 0 Å². The zero-order valence-electron chi connectivity index (χ0n) is 17.5. The van der Waals surface area contributed by atoms with Crippen LogP contribution in [-0.2, 0) is 4.74 Å². The van der Waals surface area contributed by atoms with Crippen molar-refractivity contribution in [2.24, 2.45) is 22.5 Å². The molecule has 4 nitrogen and oxygen atoms in total. The highest BCUT2D eigenvalue weighted by molar-refractivity contribution is 5.68. The summed E-state index contributed by atoms with van der Waals surface area (Å²) < 4.78 is 5.59. The minimum atomic E-state index is -0.449. The molecule has 0 spiro atoms. The predicted molar refractivity (Wildman–Crippen MR) is 101 cm³/mol. The van der Waals surface area contributed by atoms with Crippen LogP contribution in [0.3, 0.4) is 0 Å². The van der Waals surface area contributed by atoms with Gasteiger partial charge < -0.3 is 15.4 Å². The maximum Gasteiger partial charge on any atom is 0.410 e. The molecule has 1 amide bonds. The van der Waals surface area contributed by atoms with Gasteiger partial charge in [0.25, 0.3) is 0 Å². The van der Waals surface area contributed by atoms with Crippen LogP contribution in [0.2, 0.25) is 0 Å². The standard InChI is InChI=1S/C20H40N2O2/c1-17(2,3)24-16(23)22-11-10-15(12-18(4,5)14-22)19(6,7)13-20(8,9)21/h15H,10-14,21H2,1-9H3. The Kier molecular flexibility index (Phi) is 6.08. The lowest BCUT2D eigenvalue weighted by Crippen LogP contribution is -2.41. The molecule has 0 aromatic carbocycles. The summed E-state index contributed by atoms with van der Waals surface area (Å²) in [6.07, 6.45) is 2.90. The van der Waals surface area contributed by atoms with Crippen LogP contribution in [0.5, 0.6) is 0 Å². The topological polar surface area (TPSA) is 55.6 Å². The van der Waals surface area contributed by atoms with Gasteiger partial charge in [-0.1, -0.05) is 27.7 Å². The first kappa shape index (κ1) is 21.3. The molecule has 142 valence electrons. The van der Waals surface area contributed by atoms with Crippen LogP contribution in [0.1, 0.15) is 81.6 Å². The number of carbonyl (C=O) groups is 1. The van der Waals surface area contributed by atoms with E-state index in [1.54, 1.807) is 0 Å². The minimum absolute atomic E-state index is 0.0775. The summed E-state index contributed by atoms with van der Waals surface area (Å²) in [6.45, 7) is 20.6. The Bertz CT molecular complexity index is 442. The lowest BCUT2D eigenvalue weighted by molar-refractivity contribution is 0.0200. The summed E-state index contributed by atoms with van der Waals surface area (Å²) in [6, 6.07) is 0. The average molecular weight is 341 g/mol. The van der Waals surface area contributed by atoms with E-state index >= 15 is 0 Å². The van der Waals surface area contributed by atoms with Gasteiger partial charge in [-0.3, -0.25) is 0 Å². The van der Waals surface area contributed by atoms with E-state index in [-0.39, 0.29) is 22.5 Å². The van der Waals surface area contributed by atoms with Gasteiger partial charge in [0.05, 0.1) is 0 Å². The van der Waals surface area contributed by atoms with Gasteiger partial charge in [-0.05, 0) is 70.6 Å². The summed E-state index contributed by atoms with van der Waals surface area (Å²) >= 11 is 0. The van der Waals surface area contributed by atoms with Crippen molar-refractivity contribution in [1.82, 2.24) is 4.90 Å². The van der Waals surface area contributed by atoms with Crippen molar-refractivity contribution in [3.8, 4) is 0 Å². The number of likely N-dealkylation sites (tertiary alicyclic amines) is 1. The van der Waals surface area contributed by atoms with Crippen LogP contribution in [0.25, 0.3) is 0 Å². The maximum absolute atomic E-state index is 12.5. The Hall–Kier alpha value is -0.770. The molecule has 2 N–H and O–H groups in total. The zero-order chi connectivity index (χ0) is 19.0. The minimum Gasteiger partial charge on any atom is -0.444 e. The molecule has 1 rings (SSSR count). The van der Waals surface area contributed by atoms with E-state index in [0.717, 1.165) is 32.4 Å². The van der Waals surface area contributed by atoms with E-state index in [1.807, 2.05) is 25.7 Å². The summed E-state index contributed by atoms with van der Waals surface area (Å²) in [4.78, 5) is 14.4. The number of ether oxygens (including phenoxy) is 1. The van der Waals surface area contributed by atoms with Crippen LogP contribution in [0.15, 0.2) is 0 Å². The lowest BCUT2D eigenvalue weighted by Gasteiger charge is -2.41. The third kappa shape index (κ3) is 7.00. The van der Waals surface area contributed by atoms with E-state index in [9.17, 15) is 4.79 Å². The molecule has 1 atom stereocenters. The highest BCUT2D eigenvalue weighted by atomic mass is 16.6. The number of carbonyl (C=O) groups excluding carboxylic acids is 1. The molecule has 4 heteroatoms. The lowest BCUT2D eigenvalue weighted by atomic mass is 9.65. The quantitative estimate of drug-likeness (QED) is 0.802. The second kappa shape index (κ2) is 6.86. The number of nitrogens with zero attached hydrogens (tertiary/aromatic N) is 1. The number of hydrogen-bond donors (Lipinski definition) is 1. The van der Waals surface area contributed by atoms with Crippen molar-refractivity contribution >= 4 is 6.09 Å². The molecule has 0 aromatic rings. The first-order valence-electron chi connectivity index (χ1n) is 9.28. The van der Waals surface area contributed by atoms with Crippen LogP contribution in [0.4, 0.5) is 4.79 Å². The molecule has 1 aliphatic heterocycles. The fraction of sp³-hybridized carbons (Fsp3) is 0.950. The highest BCUT2D eigenvalue weighted by Gasteiger charge is 2.41. The molecule has 0 radical (unpaired) electrons. The largest absolute Gasteiger partial charge is 0.444 e. The second-order valence-electron chi connectivity index (χ2n) is 10.9. The molecule has 1 aliphatic rings. The van der Waals surface area contributed by atoms with Crippen molar-refractivity contribution in [3.05, 3.63) is 0 Å². The van der Waals surface area contributed by atoms with Crippen LogP contribution >= 0.6 is 0 Å². The van der Waals surface area contributed by atoms with Crippen molar-refractivity contribution in [2.45, 2.75) is 92.7 Å². The molecule has 0 aliphatic carbocycles. The van der Waals surface area contributed by atoms with E-state index in [0.29, 0.717) is 5.92 Å². The molecule has 1 heterocycles. The predicted octanol–water partition coefficient (Wildman–Crippen LogP) is 4.81. The summed E-state index contributed by atoms with van der Waals surface area (Å²) in [5, 5.41) is 0. The summed E-state index contributed by atoms with van der Waals surface area (Å²) in [5.74, 6) is 0.544. The molecule has 0 bridgehead atoms. The second-order valence-corrected chi connectivity index (χ2v) is 10.9. The third-order valence-corrected chi connectivity index (χ3v) is 4.83. The molecular formula is C20H40N2O2. The molecule has 1 unspecified atom stereocenters. The van der Waals surface area contributed by atoms with Gasteiger partial charge in [-0.15, -0.1) is 0 Å². The first-order valence-corrected chi connectivity index (χ1v) is 9.28. The maximum atomic E-state index is 12.5. The van der Waals surface area contributed by atoms with Crippen LogP contribution in [-0.4, -0.2) is 35.2 Å². The molecule has 0 aromatic heterocycles. The van der Waals surface area contributed by atoms with Crippen LogP contribution in [0, 0.1) is 16.7 Å². The Morgan fingerprint density at radius 1 is 1.17 bits per heavy atom. The van der Waals surface area contributed by atoms with E-state index in [2.05, 4.69) is 41.5 Å². The van der Waals surface area contributed by atoms with E-state index in [4.69, 9.17) is 10.5 Å². The van der Waals surface area contributed by atoms with E-state index in [1.165, 1.54) is 0 Å². The molecule has 1 saturated heterocycles. The zero-order valence-corrected chi connectivity index (χ0v) is 17.5. The fourth-order valence-electron chi connectivity index (χ4n) is 4.21. The summed E-state index contributed by atoms with van der Waals surface area (Å²) in [5.41, 5.74) is 5.90. The van der Waals surface area contributed by atoms with Crippen molar-refractivity contribution < 1.29 is 9.53 Å². The normalized spacial score (nSPS) is 22.9. The number of amides is 1. The van der Waals surface area contributed by atoms with Gasteiger partial charge in [0, 0.05) is 18.6 Å². The summed E-state index contributed by atoms with van der Waals surface area (Å²) in [7, 11) is 0. The van der Waals surface area contributed by atoms with Gasteiger partial charge in [0.1, 0.15) is 5.60 Å². The van der Waals surface area contributed by atoms with Crippen molar-refractivity contribution in [2.75, 3.05) is 13.1 Å². The number of hydrogen-bond acceptors (Lipinski definition) is 3. The average Bonchev–Trinajstić information content (AvgIpc) is 2.42. The van der Waals surface area contributed by atoms with Gasteiger partial charge in [0.2, 0.25) is 0 Å². The smallest absolute Gasteiger partial charge is 0.410 e. The van der Waals surface area contributed by atoms with Gasteiger partial charge in [0.15, 0.2) is 0 Å². The Labute approximate surface area is 149 Å². The number of nitrogens with two attached hydrogens (primary N) is 1. The molecule has 1 fully saturated rings. The van der Waals surface area contributed by atoms with Gasteiger partial charge >= 0.3 is 6.09 Å². The number of rotatable bonds is 3. The monoisotopic (exact) mass is 340 g/mol. The Morgan fingerprint density at radius 3 is 2.17 bits per heavy atom. The Morgan fingerprint density at radius 2 is 1.71 bits per heavy atom. The van der Waals surface area contributed by atoms with E-state index < -0.39 is 5.60 Å². The molecule has 24 heavy (non-hydrogen) atoms. The molecule has 0 saturated carbocycles. The van der Waals surface area contributed by atoms with Gasteiger partial charge in [-0.2, -0.15) is 0 Å².